The van der Waals surface area contributed by atoms with E-state index in [0.29, 0.717) is 37.7 Å². The summed E-state index contributed by atoms with van der Waals surface area (Å²) in [6.07, 6.45) is 1.87. The van der Waals surface area contributed by atoms with E-state index in [4.69, 9.17) is 9.47 Å². The number of aromatic nitrogens is 1. The van der Waals surface area contributed by atoms with Crippen LogP contribution in [-0.2, 0) is 27.4 Å². The summed E-state index contributed by atoms with van der Waals surface area (Å²) in [6, 6.07) is 23.2. The van der Waals surface area contributed by atoms with E-state index in [1.54, 1.807) is 18.2 Å². The SMILES string of the molecule is CC1(CNC(=O)c2cc3cc(NC(=O)COCc4ccccc4)ccc3n2Cc2ccc(F)cc2)CCCO1. The molecule has 5 rings (SSSR count). The Bertz CT molecular complexity index is 1440. The number of carbonyl (C=O) groups excluding carboxylic acids is 2. The van der Waals surface area contributed by atoms with Crippen LogP contribution in [0.4, 0.5) is 10.1 Å². The van der Waals surface area contributed by atoms with E-state index < -0.39 is 0 Å². The van der Waals surface area contributed by atoms with Crippen LogP contribution in [0.1, 0.15) is 41.4 Å². The minimum Gasteiger partial charge on any atom is -0.373 e. The molecule has 0 bridgehead atoms. The van der Waals surface area contributed by atoms with Gasteiger partial charge in [-0.2, -0.15) is 0 Å². The molecule has 3 aromatic carbocycles. The van der Waals surface area contributed by atoms with Gasteiger partial charge in [0.25, 0.3) is 5.91 Å². The number of nitrogens with one attached hydrogen (secondary N) is 2. The molecule has 1 unspecified atom stereocenters. The molecule has 1 saturated heterocycles. The summed E-state index contributed by atoms with van der Waals surface area (Å²) in [5.41, 5.74) is 3.39. The van der Waals surface area contributed by atoms with Gasteiger partial charge in [-0.15, -0.1) is 0 Å². The van der Waals surface area contributed by atoms with Crippen molar-refractivity contribution >= 4 is 28.4 Å². The first-order valence-corrected chi connectivity index (χ1v) is 13.1. The number of hydrogen-bond acceptors (Lipinski definition) is 4. The Balaban J connectivity index is 1.33. The molecule has 1 atom stereocenters. The lowest BCUT2D eigenvalue weighted by molar-refractivity contribution is -0.121. The smallest absolute Gasteiger partial charge is 0.268 e. The van der Waals surface area contributed by atoms with Crippen molar-refractivity contribution in [2.45, 2.75) is 38.5 Å². The van der Waals surface area contributed by atoms with Crippen molar-refractivity contribution in [3.63, 3.8) is 0 Å². The second kappa shape index (κ2) is 11.8. The van der Waals surface area contributed by atoms with Crippen molar-refractivity contribution in [1.29, 1.82) is 0 Å². The van der Waals surface area contributed by atoms with E-state index in [2.05, 4.69) is 10.6 Å². The maximum absolute atomic E-state index is 13.5. The van der Waals surface area contributed by atoms with Crippen molar-refractivity contribution < 1.29 is 23.5 Å². The van der Waals surface area contributed by atoms with Gasteiger partial charge in [0, 0.05) is 36.3 Å². The average Bonchev–Trinajstić information content (AvgIpc) is 3.53. The van der Waals surface area contributed by atoms with Gasteiger partial charge in [-0.25, -0.2) is 4.39 Å². The highest BCUT2D eigenvalue weighted by molar-refractivity contribution is 6.00. The molecule has 0 spiro atoms. The summed E-state index contributed by atoms with van der Waals surface area (Å²) in [6.45, 7) is 3.78. The van der Waals surface area contributed by atoms with Crippen LogP contribution >= 0.6 is 0 Å². The molecule has 39 heavy (non-hydrogen) atoms. The van der Waals surface area contributed by atoms with Crippen LogP contribution in [0.25, 0.3) is 10.9 Å². The fourth-order valence-corrected chi connectivity index (χ4v) is 4.85. The topological polar surface area (TPSA) is 81.6 Å². The van der Waals surface area contributed by atoms with Crippen LogP contribution in [0.5, 0.6) is 0 Å². The Morgan fingerprint density at radius 2 is 1.82 bits per heavy atom. The quantitative estimate of drug-likeness (QED) is 0.293. The van der Waals surface area contributed by atoms with Gasteiger partial charge in [-0.1, -0.05) is 42.5 Å². The summed E-state index contributed by atoms with van der Waals surface area (Å²) in [5, 5.41) is 6.70. The summed E-state index contributed by atoms with van der Waals surface area (Å²) in [5.74, 6) is -0.796. The number of amides is 2. The molecule has 2 heterocycles. The van der Waals surface area contributed by atoms with Crippen LogP contribution in [0, 0.1) is 5.82 Å². The first-order chi connectivity index (χ1) is 18.9. The predicted octanol–water partition coefficient (Wildman–Crippen LogP) is 5.28. The number of nitrogens with zero attached hydrogens (tertiary/aromatic N) is 1. The monoisotopic (exact) mass is 529 g/mol. The summed E-state index contributed by atoms with van der Waals surface area (Å²) in [7, 11) is 0. The lowest BCUT2D eigenvalue weighted by atomic mass is 10.0. The van der Waals surface area contributed by atoms with Gasteiger partial charge in [0.2, 0.25) is 5.91 Å². The van der Waals surface area contributed by atoms with Crippen molar-refractivity contribution in [1.82, 2.24) is 9.88 Å². The molecule has 0 radical (unpaired) electrons. The molecule has 7 nitrogen and oxygen atoms in total. The third-order valence-corrected chi connectivity index (χ3v) is 6.94. The number of benzene rings is 3. The summed E-state index contributed by atoms with van der Waals surface area (Å²) in [4.78, 5) is 25.8. The largest absolute Gasteiger partial charge is 0.373 e. The zero-order valence-corrected chi connectivity index (χ0v) is 21.9. The van der Waals surface area contributed by atoms with Crippen LogP contribution in [0.3, 0.4) is 0 Å². The molecule has 1 aliphatic heterocycles. The average molecular weight is 530 g/mol. The number of anilines is 1. The number of ether oxygens (including phenoxy) is 2. The van der Waals surface area contributed by atoms with E-state index >= 15 is 0 Å². The van der Waals surface area contributed by atoms with Crippen molar-refractivity contribution in [3.05, 3.63) is 102 Å². The van der Waals surface area contributed by atoms with Crippen molar-refractivity contribution in [2.24, 2.45) is 0 Å². The highest BCUT2D eigenvalue weighted by Crippen LogP contribution is 2.27. The van der Waals surface area contributed by atoms with Gasteiger partial charge in [-0.05, 0) is 67.3 Å². The van der Waals surface area contributed by atoms with E-state index in [0.717, 1.165) is 34.9 Å². The lowest BCUT2D eigenvalue weighted by Crippen LogP contribution is -2.40. The number of fused-ring (bicyclic) bond motifs is 1. The molecule has 1 aromatic heterocycles. The number of carbonyl (C=O) groups is 2. The maximum atomic E-state index is 13.5. The van der Waals surface area contributed by atoms with Crippen LogP contribution < -0.4 is 10.6 Å². The maximum Gasteiger partial charge on any atom is 0.268 e. The standard InChI is InChI=1S/C31H32FN3O4/c1-31(14-5-15-39-31)21-33-30(37)28-17-24-16-26(34-29(36)20-38-19-23-6-3-2-4-7-23)12-13-27(24)35(28)18-22-8-10-25(32)11-9-22/h2-4,6-13,16-17H,5,14-15,18-21H2,1H3,(H,33,37)(H,34,36). The third-order valence-electron chi connectivity index (χ3n) is 6.94. The second-order valence-corrected chi connectivity index (χ2v) is 10.1. The molecular weight excluding hydrogens is 497 g/mol. The minimum atomic E-state index is -0.372. The van der Waals surface area contributed by atoms with E-state index in [9.17, 15) is 14.0 Å². The normalized spacial score (nSPS) is 16.9. The Morgan fingerprint density at radius 1 is 1.03 bits per heavy atom. The molecule has 2 N–H and O–H groups in total. The van der Waals surface area contributed by atoms with E-state index in [1.165, 1.54) is 12.1 Å². The highest BCUT2D eigenvalue weighted by Gasteiger charge is 2.30. The van der Waals surface area contributed by atoms with Gasteiger partial charge in [-0.3, -0.25) is 9.59 Å². The summed E-state index contributed by atoms with van der Waals surface area (Å²) >= 11 is 0. The summed E-state index contributed by atoms with van der Waals surface area (Å²) < 4.78 is 26.8. The molecule has 8 heteroatoms. The van der Waals surface area contributed by atoms with Crippen LogP contribution in [-0.4, -0.2) is 41.7 Å². The van der Waals surface area contributed by atoms with E-state index in [-0.39, 0.29) is 29.8 Å². The predicted molar refractivity (Wildman–Crippen MR) is 148 cm³/mol. The minimum absolute atomic E-state index is 0.0764. The Kier molecular flexibility index (Phi) is 8.05. The molecule has 0 aliphatic carbocycles. The Labute approximate surface area is 226 Å². The number of hydrogen-bond donors (Lipinski definition) is 2. The lowest BCUT2D eigenvalue weighted by Gasteiger charge is -2.23. The van der Waals surface area contributed by atoms with Gasteiger partial charge in [0.05, 0.1) is 12.2 Å². The first kappa shape index (κ1) is 26.6. The molecule has 4 aromatic rings. The molecule has 1 aliphatic rings. The molecular formula is C31H32FN3O4. The van der Waals surface area contributed by atoms with Gasteiger partial charge in [0.15, 0.2) is 0 Å². The van der Waals surface area contributed by atoms with Crippen molar-refractivity contribution in [2.75, 3.05) is 25.1 Å². The molecule has 0 saturated carbocycles. The van der Waals surface area contributed by atoms with Gasteiger partial charge < -0.3 is 24.7 Å². The third kappa shape index (κ3) is 6.71. The molecule has 2 amide bonds. The highest BCUT2D eigenvalue weighted by atomic mass is 19.1. The fraction of sp³-hybridized carbons (Fsp3) is 0.290. The fourth-order valence-electron chi connectivity index (χ4n) is 4.85. The number of halogens is 1. The molecule has 1 fully saturated rings. The zero-order valence-electron chi connectivity index (χ0n) is 21.9. The first-order valence-electron chi connectivity index (χ1n) is 13.1. The molecule has 202 valence electrons. The van der Waals surface area contributed by atoms with Crippen LogP contribution in [0.2, 0.25) is 0 Å². The second-order valence-electron chi connectivity index (χ2n) is 10.1. The Morgan fingerprint density at radius 3 is 2.56 bits per heavy atom. The number of rotatable bonds is 10. The van der Waals surface area contributed by atoms with Crippen LogP contribution in [0.15, 0.2) is 78.9 Å². The van der Waals surface area contributed by atoms with Gasteiger partial charge >= 0.3 is 0 Å². The zero-order chi connectivity index (χ0) is 27.2. The Hall–Kier alpha value is -4.01. The van der Waals surface area contributed by atoms with E-state index in [1.807, 2.05) is 60.0 Å². The van der Waals surface area contributed by atoms with Crippen molar-refractivity contribution in [3.8, 4) is 0 Å². The van der Waals surface area contributed by atoms with Gasteiger partial charge in [0.1, 0.15) is 18.1 Å².